The molecule has 2 aromatic rings. The number of carbonyl (C=O) groups excluding carboxylic acids is 1. The van der Waals surface area contributed by atoms with Crippen LogP contribution in [0.4, 0.5) is 11.4 Å². The molecular formula is C18H17N5O. The number of hydrogen-bond acceptors (Lipinski definition) is 5. The van der Waals surface area contributed by atoms with Crippen LogP contribution < -0.4 is 11.1 Å². The van der Waals surface area contributed by atoms with E-state index in [1.165, 1.54) is 6.20 Å². The summed E-state index contributed by atoms with van der Waals surface area (Å²) in [5, 5.41) is 19.4. The van der Waals surface area contributed by atoms with Crippen molar-refractivity contribution in [3.63, 3.8) is 0 Å². The molecule has 120 valence electrons. The number of nitrogens with two attached hydrogens (primary N) is 1. The number of rotatable bonds is 4. The number of nitrogens with one attached hydrogen (secondary N) is 2. The Labute approximate surface area is 140 Å². The van der Waals surface area contributed by atoms with E-state index < -0.39 is 5.91 Å². The van der Waals surface area contributed by atoms with Crippen LogP contribution >= 0.6 is 0 Å². The third kappa shape index (κ3) is 3.47. The first-order valence-electron chi connectivity index (χ1n) is 7.16. The first-order chi connectivity index (χ1) is 11.3. The highest BCUT2D eigenvalue weighted by molar-refractivity contribution is 6.07. The predicted octanol–water partition coefficient (Wildman–Crippen LogP) is 3.21. The molecule has 6 heteroatoms. The highest BCUT2D eigenvalue weighted by Gasteiger charge is 2.15. The highest BCUT2D eigenvalue weighted by atomic mass is 16.1. The first kappa shape index (κ1) is 16.9. The van der Waals surface area contributed by atoms with Crippen LogP contribution in [0.25, 0.3) is 5.57 Å². The van der Waals surface area contributed by atoms with Gasteiger partial charge in [0.1, 0.15) is 11.8 Å². The molecule has 1 aromatic heterocycles. The molecule has 4 N–H and O–H groups in total. The van der Waals surface area contributed by atoms with Gasteiger partial charge < -0.3 is 16.5 Å². The van der Waals surface area contributed by atoms with E-state index in [-0.39, 0.29) is 5.69 Å². The number of nitrogen functional groups attached to an aromatic ring is 1. The number of allylic oxidation sites excluding steroid dienone is 1. The van der Waals surface area contributed by atoms with Crippen molar-refractivity contribution in [1.82, 2.24) is 4.98 Å². The lowest BCUT2D eigenvalue weighted by Crippen LogP contribution is -2.16. The van der Waals surface area contributed by atoms with Gasteiger partial charge in [-0.25, -0.2) is 4.98 Å². The molecule has 0 radical (unpaired) electrons. The standard InChI is InChI=1S/C18H17N5O/c1-10(2)14-6-12(8-19)9-22-17(14)18(24)23-13-4-5-16(21)15(7-13)11(3)20/h4-7,9,20H,1,21H2,2-3H3,(H,23,24). The highest BCUT2D eigenvalue weighted by Crippen LogP contribution is 2.21. The average molecular weight is 319 g/mol. The van der Waals surface area contributed by atoms with Gasteiger partial charge in [0, 0.05) is 34.4 Å². The Hall–Kier alpha value is -3.46. The van der Waals surface area contributed by atoms with Gasteiger partial charge in [-0.15, -0.1) is 0 Å². The van der Waals surface area contributed by atoms with E-state index in [9.17, 15) is 4.79 Å². The van der Waals surface area contributed by atoms with Gasteiger partial charge in [0.2, 0.25) is 0 Å². The van der Waals surface area contributed by atoms with Gasteiger partial charge in [-0.05, 0) is 43.7 Å². The number of anilines is 2. The van der Waals surface area contributed by atoms with E-state index >= 15 is 0 Å². The second-order valence-corrected chi connectivity index (χ2v) is 5.39. The maximum Gasteiger partial charge on any atom is 0.274 e. The molecule has 2 rings (SSSR count). The number of nitrogens with zero attached hydrogens (tertiary/aromatic N) is 2. The minimum absolute atomic E-state index is 0.187. The zero-order valence-electron chi connectivity index (χ0n) is 13.5. The molecule has 1 amide bonds. The van der Waals surface area contributed by atoms with Crippen molar-refractivity contribution in [3.05, 3.63) is 59.4 Å². The third-order valence-corrected chi connectivity index (χ3v) is 3.41. The summed E-state index contributed by atoms with van der Waals surface area (Å²) in [5.74, 6) is -0.421. The zero-order valence-corrected chi connectivity index (χ0v) is 13.5. The topological polar surface area (TPSA) is 116 Å². The molecule has 0 aliphatic heterocycles. The van der Waals surface area contributed by atoms with E-state index in [0.29, 0.717) is 39.3 Å². The molecule has 1 heterocycles. The Morgan fingerprint density at radius 1 is 1.33 bits per heavy atom. The molecule has 0 fully saturated rings. The number of carbonyl (C=O) groups is 1. The van der Waals surface area contributed by atoms with Crippen molar-refractivity contribution < 1.29 is 4.79 Å². The molecule has 0 unspecified atom stereocenters. The summed E-state index contributed by atoms with van der Waals surface area (Å²) >= 11 is 0. The molecular weight excluding hydrogens is 302 g/mol. The summed E-state index contributed by atoms with van der Waals surface area (Å²) in [4.78, 5) is 16.6. The predicted molar refractivity (Wildman–Crippen MR) is 95.0 cm³/mol. The van der Waals surface area contributed by atoms with Gasteiger partial charge >= 0.3 is 0 Å². The van der Waals surface area contributed by atoms with Gasteiger partial charge in [-0.2, -0.15) is 5.26 Å². The van der Waals surface area contributed by atoms with Crippen molar-refractivity contribution in [2.75, 3.05) is 11.1 Å². The van der Waals surface area contributed by atoms with Crippen LogP contribution in [0.3, 0.4) is 0 Å². The number of nitriles is 1. The normalized spacial score (nSPS) is 9.88. The fourth-order valence-electron chi connectivity index (χ4n) is 2.18. The van der Waals surface area contributed by atoms with Crippen LogP contribution in [-0.2, 0) is 0 Å². The largest absolute Gasteiger partial charge is 0.398 e. The van der Waals surface area contributed by atoms with Crippen LogP contribution in [0.15, 0.2) is 37.0 Å². The summed E-state index contributed by atoms with van der Waals surface area (Å²) in [6.45, 7) is 7.19. The molecule has 0 spiro atoms. The first-order valence-corrected chi connectivity index (χ1v) is 7.16. The number of amides is 1. The molecule has 6 nitrogen and oxygen atoms in total. The van der Waals surface area contributed by atoms with Crippen molar-refractivity contribution in [2.45, 2.75) is 13.8 Å². The minimum atomic E-state index is -0.421. The van der Waals surface area contributed by atoms with E-state index in [1.807, 2.05) is 6.07 Å². The second-order valence-electron chi connectivity index (χ2n) is 5.39. The van der Waals surface area contributed by atoms with Gasteiger partial charge in [0.25, 0.3) is 5.91 Å². The van der Waals surface area contributed by atoms with E-state index in [0.717, 1.165) is 0 Å². The van der Waals surface area contributed by atoms with Crippen molar-refractivity contribution in [2.24, 2.45) is 0 Å². The van der Waals surface area contributed by atoms with E-state index in [2.05, 4.69) is 16.9 Å². The van der Waals surface area contributed by atoms with Gasteiger partial charge in [0.15, 0.2) is 0 Å². The molecule has 1 aromatic carbocycles. The molecule has 0 bridgehead atoms. The Balaban J connectivity index is 2.37. The van der Waals surface area contributed by atoms with Crippen LogP contribution in [-0.4, -0.2) is 16.6 Å². The number of pyridine rings is 1. The van der Waals surface area contributed by atoms with Crippen LogP contribution in [0.5, 0.6) is 0 Å². The fraction of sp³-hybridized carbons (Fsp3) is 0.111. The lowest BCUT2D eigenvalue weighted by atomic mass is 10.0. The summed E-state index contributed by atoms with van der Waals surface area (Å²) in [5.41, 5.74) is 9.37. The average Bonchev–Trinajstić information content (AvgIpc) is 2.55. The van der Waals surface area contributed by atoms with Crippen LogP contribution in [0.2, 0.25) is 0 Å². The molecule has 0 aliphatic rings. The maximum absolute atomic E-state index is 12.5. The quantitative estimate of drug-likeness (QED) is 0.592. The van der Waals surface area contributed by atoms with Gasteiger partial charge in [0.05, 0.1) is 5.56 Å². The summed E-state index contributed by atoms with van der Waals surface area (Å²) in [6.07, 6.45) is 1.34. The van der Waals surface area contributed by atoms with Crippen LogP contribution in [0, 0.1) is 16.7 Å². The second kappa shape index (κ2) is 6.75. The Morgan fingerprint density at radius 2 is 2.04 bits per heavy atom. The lowest BCUT2D eigenvalue weighted by Gasteiger charge is -2.11. The molecule has 24 heavy (non-hydrogen) atoms. The lowest BCUT2D eigenvalue weighted by molar-refractivity contribution is 0.102. The minimum Gasteiger partial charge on any atom is -0.398 e. The van der Waals surface area contributed by atoms with Crippen LogP contribution in [0.1, 0.15) is 41.0 Å². The summed E-state index contributed by atoms with van der Waals surface area (Å²) in [7, 11) is 0. The van der Waals surface area contributed by atoms with Crippen molar-refractivity contribution >= 4 is 28.6 Å². The summed E-state index contributed by atoms with van der Waals surface area (Å²) in [6, 6.07) is 8.50. The maximum atomic E-state index is 12.5. The van der Waals surface area contributed by atoms with E-state index in [4.69, 9.17) is 16.4 Å². The van der Waals surface area contributed by atoms with Crippen molar-refractivity contribution in [3.8, 4) is 6.07 Å². The monoisotopic (exact) mass is 319 g/mol. The summed E-state index contributed by atoms with van der Waals surface area (Å²) < 4.78 is 0. The Morgan fingerprint density at radius 3 is 2.62 bits per heavy atom. The third-order valence-electron chi connectivity index (χ3n) is 3.41. The molecule has 0 aliphatic carbocycles. The van der Waals surface area contributed by atoms with Crippen molar-refractivity contribution in [1.29, 1.82) is 10.7 Å². The Bertz CT molecular complexity index is 893. The number of benzene rings is 1. The molecule has 0 atom stereocenters. The van der Waals surface area contributed by atoms with E-state index in [1.54, 1.807) is 38.1 Å². The number of hydrogen-bond donors (Lipinski definition) is 3. The fourth-order valence-corrected chi connectivity index (χ4v) is 2.18. The molecule has 0 saturated carbocycles. The SMILES string of the molecule is C=C(C)c1cc(C#N)cnc1C(=O)Nc1ccc(N)c(C(C)=N)c1. The molecule has 0 saturated heterocycles. The Kier molecular flexibility index (Phi) is 4.76. The number of aromatic nitrogens is 1. The van der Waals surface area contributed by atoms with Gasteiger partial charge in [-0.3, -0.25) is 4.79 Å². The van der Waals surface area contributed by atoms with Gasteiger partial charge in [-0.1, -0.05) is 6.58 Å². The smallest absolute Gasteiger partial charge is 0.274 e. The zero-order chi connectivity index (χ0) is 17.9.